The molecule has 0 spiro atoms. The van der Waals surface area contributed by atoms with E-state index in [4.69, 9.17) is 0 Å². The third-order valence-electron chi connectivity index (χ3n) is 3.94. The van der Waals surface area contributed by atoms with Gasteiger partial charge in [-0.25, -0.2) is 0 Å². The largest absolute Gasteiger partial charge is 3.00 e. The van der Waals surface area contributed by atoms with Crippen LogP contribution in [-0.2, 0) is 13.7 Å². The molecule has 10 heteroatoms. The van der Waals surface area contributed by atoms with Crippen LogP contribution < -0.4 is 30.6 Å². The maximum Gasteiger partial charge on any atom is 3.00 e. The monoisotopic (exact) mass is 489 g/mol. The first kappa shape index (κ1) is 29.4. The number of benzene rings is 3. The van der Waals surface area contributed by atoms with Gasteiger partial charge in [0.05, 0.1) is 0 Å². The van der Waals surface area contributed by atoms with Gasteiger partial charge in [-0.2, -0.15) is 0 Å². The second-order valence-electron chi connectivity index (χ2n) is 6.13. The first-order chi connectivity index (χ1) is 14.1. The molecule has 31 heavy (non-hydrogen) atoms. The predicted molar refractivity (Wildman–Crippen MR) is 121 cm³/mol. The Labute approximate surface area is 195 Å². The van der Waals surface area contributed by atoms with Gasteiger partial charge in [0, 0.05) is 16.7 Å². The zero-order chi connectivity index (χ0) is 22.7. The summed E-state index contributed by atoms with van der Waals surface area (Å²) in [7, 11) is -7.25. The van der Waals surface area contributed by atoms with Crippen molar-refractivity contribution < 1.29 is 28.4 Å². The molecule has 0 aliphatic heterocycles. The van der Waals surface area contributed by atoms with Crippen LogP contribution in [0, 0.1) is 20.8 Å². The van der Waals surface area contributed by atoms with E-state index in [9.17, 15) is 28.4 Å². The van der Waals surface area contributed by atoms with E-state index in [0.29, 0.717) is 15.9 Å². The van der Waals surface area contributed by atoms with Crippen LogP contribution in [0.1, 0.15) is 16.7 Å². The fourth-order valence-electron chi connectivity index (χ4n) is 2.30. The SMILES string of the molecule is Cc1ccccc1[P+](=O)[O-].Cc1ccccc1[P+](=O)[O-].Cc1ccccc1[P+](=O)[O-].[Al+3]. The van der Waals surface area contributed by atoms with Gasteiger partial charge in [0.25, 0.3) is 0 Å². The number of aryl methyl sites for hydroxylation is 3. The topological polar surface area (TPSA) is 120 Å². The molecule has 0 aliphatic rings. The Balaban J connectivity index is 0.000000429. The minimum Gasteiger partial charge on any atom is -0.591 e. The van der Waals surface area contributed by atoms with Crippen LogP contribution in [0.15, 0.2) is 72.8 Å². The van der Waals surface area contributed by atoms with Crippen LogP contribution in [0.5, 0.6) is 0 Å². The van der Waals surface area contributed by atoms with Crippen LogP contribution in [0.4, 0.5) is 0 Å². The van der Waals surface area contributed by atoms with E-state index in [2.05, 4.69) is 0 Å². The predicted octanol–water partition coefficient (Wildman–Crippen LogP) is 1.79. The van der Waals surface area contributed by atoms with Crippen molar-refractivity contribution in [3.05, 3.63) is 89.5 Å². The van der Waals surface area contributed by atoms with Crippen molar-refractivity contribution in [2.24, 2.45) is 0 Å². The normalized spacial score (nSPS) is 10.8. The van der Waals surface area contributed by atoms with Crippen LogP contribution >= 0.6 is 24.1 Å². The molecule has 0 radical (unpaired) electrons. The van der Waals surface area contributed by atoms with Crippen molar-refractivity contribution in [2.75, 3.05) is 0 Å². The van der Waals surface area contributed by atoms with E-state index in [-0.39, 0.29) is 17.4 Å². The summed E-state index contributed by atoms with van der Waals surface area (Å²) in [5.41, 5.74) is 2.41. The van der Waals surface area contributed by atoms with Crippen molar-refractivity contribution >= 4 is 57.4 Å². The third kappa shape index (κ3) is 10.5. The minimum absolute atomic E-state index is 0. The number of rotatable bonds is 3. The first-order valence-electron chi connectivity index (χ1n) is 8.75. The maximum absolute atomic E-state index is 10.5. The van der Waals surface area contributed by atoms with Crippen LogP contribution in [-0.4, -0.2) is 17.4 Å². The molecule has 156 valence electrons. The summed E-state index contributed by atoms with van der Waals surface area (Å²) in [5, 5.41) is 1.24. The molecule has 0 aliphatic carbocycles. The number of hydrogen-bond donors (Lipinski definition) is 0. The Morgan fingerprint density at radius 2 is 0.677 bits per heavy atom. The molecule has 3 aromatic rings. The molecule has 3 aromatic carbocycles. The third-order valence-corrected chi connectivity index (χ3v) is 6.62. The van der Waals surface area contributed by atoms with E-state index >= 15 is 0 Å². The second kappa shape index (κ2) is 15.2. The summed E-state index contributed by atoms with van der Waals surface area (Å²) >= 11 is 0. The summed E-state index contributed by atoms with van der Waals surface area (Å²) in [6.45, 7) is 5.33. The average Bonchev–Trinajstić information content (AvgIpc) is 2.69. The minimum atomic E-state index is -2.42. The van der Waals surface area contributed by atoms with Gasteiger partial charge < -0.3 is 14.7 Å². The Morgan fingerprint density at radius 3 is 0.806 bits per heavy atom. The van der Waals surface area contributed by atoms with Gasteiger partial charge in [-0.1, -0.05) is 68.3 Å². The van der Waals surface area contributed by atoms with Crippen molar-refractivity contribution in [3.63, 3.8) is 0 Å². The smallest absolute Gasteiger partial charge is 0.591 e. The molecular formula is C21H21AlO6P3+3. The van der Waals surface area contributed by atoms with E-state index in [1.54, 1.807) is 75.4 Å². The van der Waals surface area contributed by atoms with E-state index in [1.165, 1.54) is 0 Å². The molecule has 3 atom stereocenters. The molecule has 6 nitrogen and oxygen atoms in total. The number of hydrogen-bond acceptors (Lipinski definition) is 6. The van der Waals surface area contributed by atoms with Crippen LogP contribution in [0.2, 0.25) is 0 Å². The summed E-state index contributed by atoms with van der Waals surface area (Å²) in [6.07, 6.45) is 0. The molecule has 0 aromatic heterocycles. The van der Waals surface area contributed by atoms with Gasteiger partial charge >= 0.3 is 41.4 Å². The van der Waals surface area contributed by atoms with E-state index in [0.717, 1.165) is 16.7 Å². The van der Waals surface area contributed by atoms with E-state index in [1.807, 2.05) is 18.2 Å². The molecule has 0 heterocycles. The van der Waals surface area contributed by atoms with Crippen molar-refractivity contribution in [3.8, 4) is 0 Å². The van der Waals surface area contributed by atoms with E-state index < -0.39 is 24.1 Å². The zero-order valence-electron chi connectivity index (χ0n) is 17.3. The van der Waals surface area contributed by atoms with Gasteiger partial charge in [0.15, 0.2) is 15.9 Å². The standard InChI is InChI=1S/3C7H7O2P.Al/c3*1-6-4-2-3-5-7(6)10(8)9;/h3*2-5H,1H3;/q;;;+3. The van der Waals surface area contributed by atoms with Crippen molar-refractivity contribution in [1.29, 1.82) is 0 Å². The fraction of sp³-hybridized carbons (Fsp3) is 0.143. The molecule has 0 bridgehead atoms. The molecule has 0 N–H and O–H groups in total. The molecule has 0 amide bonds. The molecule has 0 fully saturated rings. The van der Waals surface area contributed by atoms with Gasteiger partial charge in [-0.15, -0.1) is 0 Å². The summed E-state index contributed by atoms with van der Waals surface area (Å²) < 4.78 is 31.4. The summed E-state index contributed by atoms with van der Waals surface area (Å²) in [4.78, 5) is 31.4. The Hall–Kier alpha value is -1.63. The summed E-state index contributed by atoms with van der Waals surface area (Å²) in [5.74, 6) is 0. The van der Waals surface area contributed by atoms with Crippen molar-refractivity contribution in [1.82, 2.24) is 0 Å². The first-order valence-corrected chi connectivity index (χ1v) is 12.3. The second-order valence-corrected chi connectivity index (χ2v) is 9.12. The fourth-order valence-corrected chi connectivity index (χ4v) is 4.02. The van der Waals surface area contributed by atoms with Gasteiger partial charge in [0.2, 0.25) is 0 Å². The van der Waals surface area contributed by atoms with Gasteiger partial charge in [-0.05, 0) is 39.0 Å². The molecule has 3 unspecified atom stereocenters. The molecular weight excluding hydrogens is 468 g/mol. The zero-order valence-corrected chi connectivity index (χ0v) is 21.1. The quantitative estimate of drug-likeness (QED) is 0.409. The Bertz CT molecular complexity index is 911. The van der Waals surface area contributed by atoms with Gasteiger partial charge in [-0.3, -0.25) is 0 Å². The molecule has 0 saturated carbocycles. The van der Waals surface area contributed by atoms with Crippen LogP contribution in [0.25, 0.3) is 0 Å². The Morgan fingerprint density at radius 1 is 0.484 bits per heavy atom. The summed E-state index contributed by atoms with van der Waals surface area (Å²) in [6, 6.07) is 20.7. The maximum atomic E-state index is 10.5. The molecule has 3 rings (SSSR count). The molecule has 0 saturated heterocycles. The average molecular weight is 489 g/mol. The van der Waals surface area contributed by atoms with Crippen LogP contribution in [0.3, 0.4) is 0 Å². The van der Waals surface area contributed by atoms with Crippen molar-refractivity contribution in [2.45, 2.75) is 20.8 Å². The Kier molecular flexibility index (Phi) is 14.4. The van der Waals surface area contributed by atoms with Gasteiger partial charge in [0.1, 0.15) is 0 Å².